The Morgan fingerprint density at radius 3 is 2.48 bits per heavy atom. The third kappa shape index (κ3) is 3.34. The summed E-state index contributed by atoms with van der Waals surface area (Å²) in [6.07, 6.45) is 3.22. The molecule has 2 heterocycles. The zero-order chi connectivity index (χ0) is 21.6. The lowest BCUT2D eigenvalue weighted by molar-refractivity contribution is -0.288. The molecule has 3 rings (SSSR count). The molecule has 1 aliphatic carbocycles. The van der Waals surface area contributed by atoms with E-state index < -0.39 is 29.2 Å². The van der Waals surface area contributed by atoms with Gasteiger partial charge in [0.05, 0.1) is 14.2 Å². The first-order chi connectivity index (χ1) is 13.6. The fourth-order valence-electron chi connectivity index (χ4n) is 5.71. The third-order valence-electron chi connectivity index (χ3n) is 7.19. The normalized spacial score (nSPS) is 37.3. The average Bonchev–Trinajstić information content (AvgIpc) is 3.17. The lowest BCUT2D eigenvalue weighted by Crippen LogP contribution is -2.62. The number of hydrogen-bond donors (Lipinski definition) is 0. The monoisotopic (exact) mass is 410 g/mol. The Hall–Kier alpha value is -1.67. The first kappa shape index (κ1) is 22.0. The van der Waals surface area contributed by atoms with Crippen molar-refractivity contribution in [2.24, 2.45) is 17.8 Å². The van der Waals surface area contributed by atoms with Crippen LogP contribution in [-0.4, -0.2) is 66.4 Å². The molecule has 1 saturated carbocycles. The fraction of sp³-hybridized carbons (Fsp3) is 0.857. The number of rotatable bonds is 5. The minimum atomic E-state index is -1.35. The predicted octanol–water partition coefficient (Wildman–Crippen LogP) is 2.12. The summed E-state index contributed by atoms with van der Waals surface area (Å²) in [4.78, 5) is 46.0. The lowest BCUT2D eigenvalue weighted by Gasteiger charge is -2.53. The summed E-state index contributed by atoms with van der Waals surface area (Å²) in [5, 5.41) is 1.80. The number of methoxy groups -OCH3 is 2. The second-order valence-corrected chi connectivity index (χ2v) is 9.21. The summed E-state index contributed by atoms with van der Waals surface area (Å²) < 4.78 is 9.77. The molecule has 2 aliphatic heterocycles. The van der Waals surface area contributed by atoms with Crippen LogP contribution in [0.3, 0.4) is 0 Å². The topological polar surface area (TPSA) is 85.4 Å². The first-order valence-electron chi connectivity index (χ1n) is 10.5. The number of amides is 1. The van der Waals surface area contributed by atoms with Crippen molar-refractivity contribution in [3.05, 3.63) is 0 Å². The fourth-order valence-corrected chi connectivity index (χ4v) is 5.71. The van der Waals surface area contributed by atoms with Gasteiger partial charge in [-0.2, -0.15) is 0 Å². The third-order valence-corrected chi connectivity index (χ3v) is 7.19. The molecule has 29 heavy (non-hydrogen) atoms. The van der Waals surface area contributed by atoms with E-state index in [1.165, 1.54) is 14.2 Å². The van der Waals surface area contributed by atoms with Crippen LogP contribution < -0.4 is 0 Å². The van der Waals surface area contributed by atoms with Gasteiger partial charge in [-0.3, -0.25) is 14.4 Å². The Labute approximate surface area is 172 Å². The molecular formula is C21H34N2O6. The van der Waals surface area contributed by atoms with Crippen molar-refractivity contribution in [3.63, 3.8) is 0 Å². The highest BCUT2D eigenvalue weighted by atomic mass is 16.7. The molecule has 0 unspecified atom stereocenters. The standard InChI is InChI=1S/C21H34N2O6/c1-13(2)15-8-7-14(3)11-21(15)22(4)18(25)16-12-20(19(26)28-6,29-23(16)21)10-9-17(24)27-5/h13-16H,7-12H2,1-6H3/t14-,15+,16+,20+,21+/m1/s1. The van der Waals surface area contributed by atoms with Crippen molar-refractivity contribution in [2.45, 2.75) is 76.6 Å². The van der Waals surface area contributed by atoms with E-state index in [4.69, 9.17) is 14.3 Å². The molecule has 8 heteroatoms. The molecule has 3 aliphatic rings. The number of hydrogen-bond acceptors (Lipinski definition) is 7. The van der Waals surface area contributed by atoms with E-state index in [1.54, 1.807) is 5.06 Å². The van der Waals surface area contributed by atoms with E-state index in [0.717, 1.165) is 19.3 Å². The van der Waals surface area contributed by atoms with Gasteiger partial charge in [0, 0.05) is 25.8 Å². The number of esters is 2. The van der Waals surface area contributed by atoms with Crippen LogP contribution in [0.25, 0.3) is 0 Å². The molecule has 164 valence electrons. The average molecular weight is 411 g/mol. The highest BCUT2D eigenvalue weighted by Gasteiger charge is 2.69. The second-order valence-electron chi connectivity index (χ2n) is 9.21. The number of nitrogens with zero attached hydrogens (tertiary/aromatic N) is 2. The van der Waals surface area contributed by atoms with Crippen molar-refractivity contribution >= 4 is 17.8 Å². The molecule has 0 N–H and O–H groups in total. The van der Waals surface area contributed by atoms with E-state index in [1.807, 2.05) is 11.9 Å². The molecule has 2 saturated heterocycles. The maximum absolute atomic E-state index is 13.3. The van der Waals surface area contributed by atoms with E-state index >= 15 is 0 Å². The molecular weight excluding hydrogens is 376 g/mol. The lowest BCUT2D eigenvalue weighted by atomic mass is 9.69. The van der Waals surface area contributed by atoms with E-state index in [9.17, 15) is 14.4 Å². The maximum atomic E-state index is 13.3. The zero-order valence-corrected chi connectivity index (χ0v) is 18.4. The Bertz CT molecular complexity index is 682. The second kappa shape index (κ2) is 7.87. The highest BCUT2D eigenvalue weighted by Crippen LogP contribution is 2.55. The number of carbonyl (C=O) groups excluding carboxylic acids is 3. The van der Waals surface area contributed by atoms with Crippen LogP contribution in [0.5, 0.6) is 0 Å². The molecule has 0 aromatic carbocycles. The highest BCUT2D eigenvalue weighted by molar-refractivity contribution is 5.88. The van der Waals surface area contributed by atoms with Crippen molar-refractivity contribution < 1.29 is 28.7 Å². The molecule has 0 radical (unpaired) electrons. The van der Waals surface area contributed by atoms with Crippen LogP contribution in [0.2, 0.25) is 0 Å². The van der Waals surface area contributed by atoms with E-state index in [0.29, 0.717) is 11.8 Å². The first-order valence-corrected chi connectivity index (χ1v) is 10.5. The van der Waals surface area contributed by atoms with Crippen molar-refractivity contribution in [1.29, 1.82) is 0 Å². The van der Waals surface area contributed by atoms with Crippen LogP contribution in [0.15, 0.2) is 0 Å². The van der Waals surface area contributed by atoms with Crippen LogP contribution in [-0.2, 0) is 28.7 Å². The smallest absolute Gasteiger partial charge is 0.340 e. The van der Waals surface area contributed by atoms with Crippen molar-refractivity contribution in [3.8, 4) is 0 Å². The molecule has 0 aromatic rings. The number of hydroxylamine groups is 2. The van der Waals surface area contributed by atoms with Crippen LogP contribution in [0.4, 0.5) is 0 Å². The van der Waals surface area contributed by atoms with Gasteiger partial charge in [-0.15, -0.1) is 5.06 Å². The molecule has 5 atom stereocenters. The molecule has 8 nitrogen and oxygen atoms in total. The molecule has 0 bridgehead atoms. The van der Waals surface area contributed by atoms with Gasteiger partial charge in [0.15, 0.2) is 5.60 Å². The van der Waals surface area contributed by atoms with E-state index in [-0.39, 0.29) is 31.1 Å². The quantitative estimate of drug-likeness (QED) is 0.642. The number of ether oxygens (including phenoxy) is 2. The minimum absolute atomic E-state index is 0.0210. The summed E-state index contributed by atoms with van der Waals surface area (Å²) >= 11 is 0. The minimum Gasteiger partial charge on any atom is -0.469 e. The summed E-state index contributed by atoms with van der Waals surface area (Å²) in [6.45, 7) is 6.55. The summed E-state index contributed by atoms with van der Waals surface area (Å²) in [7, 11) is 4.47. The van der Waals surface area contributed by atoms with Gasteiger partial charge >= 0.3 is 11.9 Å². The number of carbonyl (C=O) groups is 3. The summed E-state index contributed by atoms with van der Waals surface area (Å²) in [6, 6.07) is -0.553. The predicted molar refractivity (Wildman–Crippen MR) is 104 cm³/mol. The molecule has 1 spiro atoms. The number of likely N-dealkylation sites (N-methyl/N-ethyl adjacent to an activating group) is 1. The Morgan fingerprint density at radius 2 is 1.90 bits per heavy atom. The van der Waals surface area contributed by atoms with Gasteiger partial charge in [-0.05, 0) is 31.1 Å². The molecule has 1 amide bonds. The molecule has 0 aromatic heterocycles. The molecule has 3 fully saturated rings. The van der Waals surface area contributed by atoms with Gasteiger partial charge in [0.2, 0.25) is 5.91 Å². The van der Waals surface area contributed by atoms with Gasteiger partial charge in [0.25, 0.3) is 0 Å². The van der Waals surface area contributed by atoms with Crippen LogP contribution in [0, 0.1) is 17.8 Å². The Kier molecular flexibility index (Phi) is 5.98. The largest absolute Gasteiger partial charge is 0.469 e. The van der Waals surface area contributed by atoms with Crippen molar-refractivity contribution in [1.82, 2.24) is 9.96 Å². The number of fused-ring (bicyclic) bond motifs is 2. The summed E-state index contributed by atoms with van der Waals surface area (Å²) in [5.74, 6) is 0.00851. The summed E-state index contributed by atoms with van der Waals surface area (Å²) in [5.41, 5.74) is -1.94. The zero-order valence-electron chi connectivity index (χ0n) is 18.4. The van der Waals surface area contributed by atoms with Gasteiger partial charge in [-0.1, -0.05) is 27.2 Å². The van der Waals surface area contributed by atoms with E-state index in [2.05, 4.69) is 20.8 Å². The maximum Gasteiger partial charge on any atom is 0.340 e. The SMILES string of the molecule is COC(=O)CC[C@@]1(C(=O)OC)C[C@H]2C(=O)N(C)[C@@]3(C[C@H](C)CC[C@H]3C(C)C)N2O1. The van der Waals surface area contributed by atoms with Gasteiger partial charge < -0.3 is 14.4 Å². The van der Waals surface area contributed by atoms with Crippen LogP contribution in [0.1, 0.15) is 59.3 Å². The Morgan fingerprint density at radius 1 is 1.21 bits per heavy atom. The Balaban J connectivity index is 2.00. The van der Waals surface area contributed by atoms with Crippen molar-refractivity contribution in [2.75, 3.05) is 21.3 Å². The van der Waals surface area contributed by atoms with Gasteiger partial charge in [0.1, 0.15) is 11.7 Å². The van der Waals surface area contributed by atoms with Gasteiger partial charge in [-0.25, -0.2) is 4.79 Å². The van der Waals surface area contributed by atoms with Crippen LogP contribution >= 0.6 is 0 Å².